The summed E-state index contributed by atoms with van der Waals surface area (Å²) in [5.41, 5.74) is 0.222. The zero-order valence-electron chi connectivity index (χ0n) is 15.9. The number of hydrogen-bond acceptors (Lipinski definition) is 5. The van der Waals surface area contributed by atoms with E-state index in [-0.39, 0.29) is 41.0 Å². The molecule has 5 nitrogen and oxygen atoms in total. The summed E-state index contributed by atoms with van der Waals surface area (Å²) >= 11 is 0. The van der Waals surface area contributed by atoms with Gasteiger partial charge in [-0.1, -0.05) is 20.3 Å². The van der Waals surface area contributed by atoms with E-state index in [4.69, 9.17) is 9.47 Å². The lowest BCUT2D eigenvalue weighted by molar-refractivity contribution is -0.146. The summed E-state index contributed by atoms with van der Waals surface area (Å²) in [6, 6.07) is 0. The second-order valence-corrected chi connectivity index (χ2v) is 9.65. The highest BCUT2D eigenvalue weighted by Crippen LogP contribution is 2.70. The van der Waals surface area contributed by atoms with E-state index in [2.05, 4.69) is 30.7 Å². The van der Waals surface area contributed by atoms with Crippen molar-refractivity contribution in [2.24, 2.45) is 23.2 Å². The molecule has 3 saturated heterocycles. The van der Waals surface area contributed by atoms with Crippen molar-refractivity contribution in [3.63, 3.8) is 0 Å². The van der Waals surface area contributed by atoms with Gasteiger partial charge in [0.05, 0.1) is 12.0 Å². The van der Waals surface area contributed by atoms with E-state index in [0.29, 0.717) is 5.92 Å². The van der Waals surface area contributed by atoms with E-state index in [1.807, 2.05) is 0 Å². The number of nitrogens with zero attached hydrogens (tertiary/aromatic N) is 2. The zero-order chi connectivity index (χ0) is 17.4. The van der Waals surface area contributed by atoms with Crippen LogP contribution in [0.2, 0.25) is 0 Å². The summed E-state index contributed by atoms with van der Waals surface area (Å²) in [5.74, 6) is 0.934. The van der Waals surface area contributed by atoms with Crippen molar-refractivity contribution in [2.75, 3.05) is 39.8 Å². The fourth-order valence-electron chi connectivity index (χ4n) is 6.75. The molecule has 0 N–H and O–H groups in total. The van der Waals surface area contributed by atoms with Gasteiger partial charge in [0.2, 0.25) is 0 Å². The van der Waals surface area contributed by atoms with Gasteiger partial charge < -0.3 is 14.4 Å². The van der Waals surface area contributed by atoms with Gasteiger partial charge in [0.15, 0.2) is 0 Å². The molecule has 7 atom stereocenters. The third-order valence-corrected chi connectivity index (χ3v) is 8.24. The van der Waals surface area contributed by atoms with Crippen LogP contribution in [0.4, 0.5) is 0 Å². The molecule has 1 spiro atoms. The van der Waals surface area contributed by atoms with Crippen molar-refractivity contribution in [3.05, 3.63) is 0 Å². The Morgan fingerprint density at radius 1 is 1.24 bits per heavy atom. The topological polar surface area (TPSA) is 45.3 Å². The third-order valence-electron chi connectivity index (χ3n) is 8.24. The predicted octanol–water partition coefficient (Wildman–Crippen LogP) is 1.76. The molecule has 5 aliphatic rings. The van der Waals surface area contributed by atoms with Crippen LogP contribution in [-0.4, -0.2) is 73.3 Å². The average molecular weight is 348 g/mol. The molecule has 3 heterocycles. The van der Waals surface area contributed by atoms with Gasteiger partial charge in [-0.25, -0.2) is 0 Å². The molecule has 5 fully saturated rings. The normalized spacial score (nSPS) is 52.9. The molecular formula is C20H32N2O3. The van der Waals surface area contributed by atoms with Crippen molar-refractivity contribution in [2.45, 2.75) is 57.3 Å². The highest BCUT2D eigenvalue weighted by Gasteiger charge is 2.78. The maximum atomic E-state index is 12.7. The van der Waals surface area contributed by atoms with Gasteiger partial charge in [-0.15, -0.1) is 0 Å². The second-order valence-electron chi connectivity index (χ2n) is 9.65. The lowest BCUT2D eigenvalue weighted by atomic mass is 9.53. The van der Waals surface area contributed by atoms with Crippen molar-refractivity contribution in [3.8, 4) is 0 Å². The number of carbonyl (C=O) groups excluding carboxylic acids is 1. The number of likely N-dealkylation sites (N-methyl/N-ethyl adjacent to an activating group) is 1. The van der Waals surface area contributed by atoms with Crippen LogP contribution in [0.5, 0.6) is 0 Å². The summed E-state index contributed by atoms with van der Waals surface area (Å²) in [4.78, 5) is 17.5. The van der Waals surface area contributed by atoms with E-state index in [1.165, 1.54) is 19.3 Å². The largest absolute Gasteiger partial charge is 0.462 e. The van der Waals surface area contributed by atoms with Crippen molar-refractivity contribution in [1.29, 1.82) is 0 Å². The Bertz CT molecular complexity index is 575. The van der Waals surface area contributed by atoms with E-state index < -0.39 is 0 Å². The maximum absolute atomic E-state index is 12.7. The number of epoxide rings is 1. The van der Waals surface area contributed by atoms with Gasteiger partial charge in [-0.05, 0) is 32.2 Å². The van der Waals surface area contributed by atoms with Gasteiger partial charge >= 0.3 is 5.97 Å². The number of fused-ring (bicyclic) bond motifs is 2. The van der Waals surface area contributed by atoms with Crippen LogP contribution in [-0.2, 0) is 14.3 Å². The molecule has 140 valence electrons. The first-order valence-electron chi connectivity index (χ1n) is 10.2. The lowest BCUT2D eigenvalue weighted by Crippen LogP contribution is -2.55. The smallest absolute Gasteiger partial charge is 0.311 e. The summed E-state index contributed by atoms with van der Waals surface area (Å²) in [5, 5.41) is 0. The molecular weight excluding hydrogens is 316 g/mol. The van der Waals surface area contributed by atoms with Crippen LogP contribution in [0.15, 0.2) is 0 Å². The van der Waals surface area contributed by atoms with E-state index >= 15 is 0 Å². The highest BCUT2D eigenvalue weighted by molar-refractivity contribution is 5.76. The summed E-state index contributed by atoms with van der Waals surface area (Å²) in [7, 11) is 2.17. The number of ether oxygens (including phenoxy) is 2. The fraction of sp³-hybridized carbons (Fsp3) is 0.950. The molecule has 1 unspecified atom stereocenters. The number of hydrogen-bond donors (Lipinski definition) is 0. The molecule has 0 aromatic rings. The first-order chi connectivity index (χ1) is 11.9. The van der Waals surface area contributed by atoms with Crippen LogP contribution in [0.1, 0.15) is 39.5 Å². The predicted molar refractivity (Wildman–Crippen MR) is 94.1 cm³/mol. The van der Waals surface area contributed by atoms with Crippen LogP contribution in [0.3, 0.4) is 0 Å². The minimum absolute atomic E-state index is 0.0106. The summed E-state index contributed by atoms with van der Waals surface area (Å²) in [6.07, 6.45) is 5.10. The lowest BCUT2D eigenvalue weighted by Gasteiger charge is -2.49. The third kappa shape index (κ3) is 2.21. The molecule has 0 radical (unpaired) electrons. The van der Waals surface area contributed by atoms with Gasteiger partial charge in [0.25, 0.3) is 0 Å². The molecule has 5 heteroatoms. The molecule has 2 aliphatic carbocycles. The Morgan fingerprint density at radius 3 is 2.76 bits per heavy atom. The van der Waals surface area contributed by atoms with E-state index in [0.717, 1.165) is 39.1 Å². The molecule has 0 aromatic carbocycles. The minimum atomic E-state index is 0.0106. The van der Waals surface area contributed by atoms with Crippen LogP contribution < -0.4 is 0 Å². The first kappa shape index (κ1) is 16.5. The van der Waals surface area contributed by atoms with Gasteiger partial charge in [-0.3, -0.25) is 9.69 Å². The van der Waals surface area contributed by atoms with Gasteiger partial charge in [0, 0.05) is 44.1 Å². The summed E-state index contributed by atoms with van der Waals surface area (Å²) < 4.78 is 12.5. The SMILES string of the molecule is C[C@H]1CCC[C@]2(C)C[C@H]3OC(=O)C(CN4CCN(C)CC4)[C@H]3[C@@H]3O[C@@]132. The minimum Gasteiger partial charge on any atom is -0.462 e. The van der Waals surface area contributed by atoms with Crippen LogP contribution in [0.25, 0.3) is 0 Å². The number of piperazine rings is 1. The maximum Gasteiger partial charge on any atom is 0.311 e. The molecule has 0 bridgehead atoms. The van der Waals surface area contributed by atoms with Crippen molar-refractivity contribution in [1.82, 2.24) is 9.80 Å². The number of rotatable bonds is 2. The molecule has 0 aromatic heterocycles. The quantitative estimate of drug-likeness (QED) is 0.562. The Labute approximate surface area is 151 Å². The fourth-order valence-corrected chi connectivity index (χ4v) is 6.75. The monoisotopic (exact) mass is 348 g/mol. The Kier molecular flexibility index (Phi) is 3.59. The van der Waals surface area contributed by atoms with Gasteiger partial charge in [-0.2, -0.15) is 0 Å². The Morgan fingerprint density at radius 2 is 2.00 bits per heavy atom. The van der Waals surface area contributed by atoms with Gasteiger partial charge in [0.1, 0.15) is 11.7 Å². The molecule has 0 amide bonds. The Hall–Kier alpha value is -0.650. The molecule has 25 heavy (non-hydrogen) atoms. The standard InChI is InChI=1S/C20H32N2O3/c1-13-5-4-6-19(2)11-15-16(17-20(13,19)25-17)14(18(23)24-15)12-22-9-7-21(3)8-10-22/h13-17H,4-12H2,1-3H3/t13-,14?,15+,16+,17-,19+,20-/m0/s1. The summed E-state index contributed by atoms with van der Waals surface area (Å²) in [6.45, 7) is 9.91. The first-order valence-corrected chi connectivity index (χ1v) is 10.2. The molecule has 5 rings (SSSR count). The zero-order valence-corrected chi connectivity index (χ0v) is 15.9. The van der Waals surface area contributed by atoms with E-state index in [9.17, 15) is 4.79 Å². The number of carbonyl (C=O) groups is 1. The van der Waals surface area contributed by atoms with Crippen molar-refractivity contribution >= 4 is 5.97 Å². The van der Waals surface area contributed by atoms with E-state index in [1.54, 1.807) is 0 Å². The Balaban J connectivity index is 1.37. The van der Waals surface area contributed by atoms with Crippen LogP contribution in [0, 0.1) is 23.2 Å². The average Bonchev–Trinajstić information content (AvgIpc) is 3.25. The second kappa shape index (κ2) is 5.43. The molecule has 2 saturated carbocycles. The molecule has 3 aliphatic heterocycles. The van der Waals surface area contributed by atoms with Crippen molar-refractivity contribution < 1.29 is 14.3 Å². The highest BCUT2D eigenvalue weighted by atomic mass is 16.6. The number of esters is 1. The van der Waals surface area contributed by atoms with Crippen LogP contribution >= 0.6 is 0 Å².